The number of carbonyl (C=O) groups excluding carboxylic acids is 1. The van der Waals surface area contributed by atoms with E-state index >= 15 is 0 Å². The molecule has 0 aromatic heterocycles. The molecule has 0 aliphatic rings. The van der Waals surface area contributed by atoms with Gasteiger partial charge in [-0.15, -0.1) is 0 Å². The number of halogens is 1. The SMILES string of the molecule is CCOC(=O)C(NS(=O)(=O)c1ccc(C)cc1)C(Br)c1c(C)cc(C)cc1C. The summed E-state index contributed by atoms with van der Waals surface area (Å²) in [6, 6.07) is 9.38. The number of hydrogen-bond donors (Lipinski definition) is 1. The second-order valence-electron chi connectivity index (χ2n) is 6.88. The summed E-state index contributed by atoms with van der Waals surface area (Å²) in [6.07, 6.45) is 0. The van der Waals surface area contributed by atoms with Gasteiger partial charge >= 0.3 is 5.97 Å². The van der Waals surface area contributed by atoms with E-state index in [-0.39, 0.29) is 11.5 Å². The summed E-state index contributed by atoms with van der Waals surface area (Å²) in [5.74, 6) is -0.626. The lowest BCUT2D eigenvalue weighted by atomic mass is 9.94. The van der Waals surface area contributed by atoms with Crippen molar-refractivity contribution in [3.8, 4) is 0 Å². The molecule has 0 aliphatic heterocycles. The average Bonchev–Trinajstić information content (AvgIpc) is 2.59. The number of sulfonamides is 1. The zero-order valence-electron chi connectivity index (χ0n) is 16.7. The molecule has 152 valence electrons. The maximum atomic E-state index is 12.9. The molecule has 0 spiro atoms. The minimum absolute atomic E-state index is 0.101. The molecule has 28 heavy (non-hydrogen) atoms. The summed E-state index contributed by atoms with van der Waals surface area (Å²) in [5.41, 5.74) is 4.87. The molecule has 0 bridgehead atoms. The van der Waals surface area contributed by atoms with Crippen LogP contribution in [-0.4, -0.2) is 27.0 Å². The van der Waals surface area contributed by atoms with Gasteiger partial charge in [0.15, 0.2) is 0 Å². The van der Waals surface area contributed by atoms with Gasteiger partial charge < -0.3 is 4.74 Å². The number of benzene rings is 2. The molecule has 2 aromatic rings. The average molecular weight is 468 g/mol. The van der Waals surface area contributed by atoms with Crippen LogP contribution in [0.15, 0.2) is 41.3 Å². The summed E-state index contributed by atoms with van der Waals surface area (Å²) in [4.78, 5) is 12.2. The third-order valence-electron chi connectivity index (χ3n) is 4.46. The number of carbonyl (C=O) groups is 1. The van der Waals surface area contributed by atoms with Gasteiger partial charge in [0.25, 0.3) is 0 Å². The van der Waals surface area contributed by atoms with Gasteiger partial charge in [0, 0.05) is 0 Å². The molecule has 1 N–H and O–H groups in total. The zero-order valence-corrected chi connectivity index (χ0v) is 19.1. The van der Waals surface area contributed by atoms with Gasteiger partial charge in [0.2, 0.25) is 10.0 Å². The molecule has 0 amide bonds. The fourth-order valence-electron chi connectivity index (χ4n) is 3.20. The standard InChI is InChI=1S/C21H26BrNO4S/c1-6-27-21(24)20(19(22)18-15(4)11-14(3)12-16(18)5)23-28(25,26)17-9-7-13(2)8-10-17/h7-12,19-20,23H,6H2,1-5H3. The monoisotopic (exact) mass is 467 g/mol. The molecule has 2 atom stereocenters. The van der Waals surface area contributed by atoms with Crippen LogP contribution in [0, 0.1) is 27.7 Å². The molecule has 7 heteroatoms. The van der Waals surface area contributed by atoms with E-state index in [2.05, 4.69) is 20.7 Å². The van der Waals surface area contributed by atoms with Crippen molar-refractivity contribution >= 4 is 31.9 Å². The molecule has 2 rings (SSSR count). The number of nitrogens with one attached hydrogen (secondary N) is 1. The second-order valence-corrected chi connectivity index (χ2v) is 9.58. The van der Waals surface area contributed by atoms with Crippen LogP contribution >= 0.6 is 15.9 Å². The normalized spacial score (nSPS) is 13.8. The molecule has 0 aliphatic carbocycles. The number of aryl methyl sites for hydroxylation is 4. The van der Waals surface area contributed by atoms with E-state index in [0.717, 1.165) is 27.8 Å². The molecule has 5 nitrogen and oxygen atoms in total. The molecule has 2 aromatic carbocycles. The van der Waals surface area contributed by atoms with E-state index in [4.69, 9.17) is 4.74 Å². The minimum atomic E-state index is -3.91. The van der Waals surface area contributed by atoms with Gasteiger partial charge in [-0.1, -0.05) is 51.3 Å². The van der Waals surface area contributed by atoms with E-state index in [0.29, 0.717) is 0 Å². The summed E-state index contributed by atoms with van der Waals surface area (Å²) in [5, 5.41) is 0. The van der Waals surface area contributed by atoms with E-state index in [1.165, 1.54) is 12.1 Å². The molecule has 0 radical (unpaired) electrons. The molecule has 0 saturated carbocycles. The predicted molar refractivity (Wildman–Crippen MR) is 114 cm³/mol. The molecule has 0 fully saturated rings. The Bertz CT molecular complexity index is 932. The quantitative estimate of drug-likeness (QED) is 0.487. The summed E-state index contributed by atoms with van der Waals surface area (Å²) >= 11 is 3.56. The summed E-state index contributed by atoms with van der Waals surface area (Å²) in [7, 11) is -3.91. The van der Waals surface area contributed by atoms with Crippen LogP contribution in [0.5, 0.6) is 0 Å². The van der Waals surface area contributed by atoms with E-state index < -0.39 is 26.9 Å². The molecule has 2 unspecified atom stereocenters. The number of ether oxygens (including phenoxy) is 1. The van der Waals surface area contributed by atoms with Crippen molar-refractivity contribution in [2.24, 2.45) is 0 Å². The van der Waals surface area contributed by atoms with E-state index in [9.17, 15) is 13.2 Å². The summed E-state index contributed by atoms with van der Waals surface area (Å²) in [6.45, 7) is 9.61. The van der Waals surface area contributed by atoms with Crippen molar-refractivity contribution in [2.75, 3.05) is 6.61 Å². The molecule has 0 heterocycles. The van der Waals surface area contributed by atoms with Gasteiger partial charge in [-0.05, 0) is 63.4 Å². The Hall–Kier alpha value is -1.70. The van der Waals surface area contributed by atoms with Gasteiger partial charge in [0.1, 0.15) is 6.04 Å². The van der Waals surface area contributed by atoms with Gasteiger partial charge in [-0.25, -0.2) is 8.42 Å². The van der Waals surface area contributed by atoms with Crippen LogP contribution < -0.4 is 4.72 Å². The molecule has 0 saturated heterocycles. The maximum absolute atomic E-state index is 12.9. The fraction of sp³-hybridized carbons (Fsp3) is 0.381. The smallest absolute Gasteiger partial charge is 0.325 e. The Kier molecular flexibility index (Phi) is 7.42. The van der Waals surface area contributed by atoms with Crippen LogP contribution in [-0.2, 0) is 19.6 Å². The highest BCUT2D eigenvalue weighted by molar-refractivity contribution is 9.09. The van der Waals surface area contributed by atoms with Crippen molar-refractivity contribution in [3.63, 3.8) is 0 Å². The van der Waals surface area contributed by atoms with E-state index in [1.807, 2.05) is 39.8 Å². The predicted octanol–water partition coefficient (Wildman–Crippen LogP) is 4.27. The fourth-order valence-corrected chi connectivity index (χ4v) is 5.65. The first-order valence-electron chi connectivity index (χ1n) is 9.04. The molecular formula is C21H26BrNO4S. The van der Waals surface area contributed by atoms with Crippen LogP contribution in [0.1, 0.15) is 39.6 Å². The Labute approximate surface area is 175 Å². The Balaban J connectivity index is 2.45. The Morgan fingerprint density at radius 3 is 2.07 bits per heavy atom. The Morgan fingerprint density at radius 1 is 1.04 bits per heavy atom. The minimum Gasteiger partial charge on any atom is -0.465 e. The number of esters is 1. The first-order valence-corrected chi connectivity index (χ1v) is 11.4. The third kappa shape index (κ3) is 5.21. The number of hydrogen-bond acceptors (Lipinski definition) is 4. The maximum Gasteiger partial charge on any atom is 0.325 e. The molecular weight excluding hydrogens is 442 g/mol. The van der Waals surface area contributed by atoms with E-state index in [1.54, 1.807) is 19.1 Å². The largest absolute Gasteiger partial charge is 0.465 e. The Morgan fingerprint density at radius 2 is 1.57 bits per heavy atom. The van der Waals surface area contributed by atoms with Crippen molar-refractivity contribution in [1.29, 1.82) is 0 Å². The van der Waals surface area contributed by atoms with Crippen LogP contribution in [0.25, 0.3) is 0 Å². The van der Waals surface area contributed by atoms with Crippen molar-refractivity contribution in [3.05, 3.63) is 64.2 Å². The van der Waals surface area contributed by atoms with Crippen LogP contribution in [0.4, 0.5) is 0 Å². The highest BCUT2D eigenvalue weighted by atomic mass is 79.9. The van der Waals surface area contributed by atoms with Gasteiger partial charge in [0.05, 0.1) is 16.3 Å². The lowest BCUT2D eigenvalue weighted by Gasteiger charge is -2.25. The number of alkyl halides is 1. The highest BCUT2D eigenvalue weighted by Gasteiger charge is 2.35. The second kappa shape index (κ2) is 9.20. The topological polar surface area (TPSA) is 72.5 Å². The van der Waals surface area contributed by atoms with Crippen molar-refractivity contribution in [1.82, 2.24) is 4.72 Å². The van der Waals surface area contributed by atoms with Crippen LogP contribution in [0.3, 0.4) is 0 Å². The zero-order chi connectivity index (χ0) is 21.1. The van der Waals surface area contributed by atoms with Crippen molar-refractivity contribution in [2.45, 2.75) is 50.4 Å². The van der Waals surface area contributed by atoms with Gasteiger partial charge in [-0.3, -0.25) is 4.79 Å². The summed E-state index contributed by atoms with van der Waals surface area (Å²) < 4.78 is 33.5. The third-order valence-corrected chi connectivity index (χ3v) is 6.90. The van der Waals surface area contributed by atoms with Crippen molar-refractivity contribution < 1.29 is 17.9 Å². The first-order chi connectivity index (χ1) is 13.1. The first kappa shape index (κ1) is 22.6. The highest BCUT2D eigenvalue weighted by Crippen LogP contribution is 2.34. The lowest BCUT2D eigenvalue weighted by Crippen LogP contribution is -2.44. The number of rotatable bonds is 7. The lowest BCUT2D eigenvalue weighted by molar-refractivity contribution is -0.145. The van der Waals surface area contributed by atoms with Crippen LogP contribution in [0.2, 0.25) is 0 Å². The van der Waals surface area contributed by atoms with Gasteiger partial charge in [-0.2, -0.15) is 4.72 Å².